The Kier molecular flexibility index (Phi) is 5.12. The predicted octanol–water partition coefficient (Wildman–Crippen LogP) is 2.96. The van der Waals surface area contributed by atoms with E-state index in [0.29, 0.717) is 5.69 Å². The lowest BCUT2D eigenvalue weighted by molar-refractivity contribution is 0.0468. The minimum absolute atomic E-state index is 0.0214. The van der Waals surface area contributed by atoms with Crippen molar-refractivity contribution in [3.8, 4) is 10.6 Å². The Labute approximate surface area is 159 Å². The number of halogens is 1. The molecule has 0 saturated carbocycles. The van der Waals surface area contributed by atoms with Crippen LogP contribution >= 0.6 is 22.9 Å². The van der Waals surface area contributed by atoms with Crippen LogP contribution in [0.1, 0.15) is 16.1 Å². The summed E-state index contributed by atoms with van der Waals surface area (Å²) in [5.41, 5.74) is 1.59. The topological polar surface area (TPSA) is 91.2 Å². The van der Waals surface area contributed by atoms with Crippen molar-refractivity contribution in [3.05, 3.63) is 52.3 Å². The van der Waals surface area contributed by atoms with Gasteiger partial charge in [-0.3, -0.25) is 4.68 Å². The number of thiazole rings is 1. The third-order valence-electron chi connectivity index (χ3n) is 3.42. The molecule has 0 amide bonds. The van der Waals surface area contributed by atoms with Gasteiger partial charge in [0.25, 0.3) is 0 Å². The standard InChI is InChI=1S/C16H14ClN3O4S2/c1-20-7-11(6-18-20)15-19-12(9-25-15)8-24-16(21)10-3-4-13(17)14(5-10)26(2,22)23/h3-7,9H,8H2,1-2H3. The first kappa shape index (κ1) is 18.6. The van der Waals surface area contributed by atoms with Gasteiger partial charge in [-0.2, -0.15) is 5.10 Å². The van der Waals surface area contributed by atoms with Crippen LogP contribution in [0.25, 0.3) is 10.6 Å². The van der Waals surface area contributed by atoms with Crippen LogP contribution in [0.2, 0.25) is 5.02 Å². The van der Waals surface area contributed by atoms with Crippen molar-refractivity contribution in [2.45, 2.75) is 11.5 Å². The Balaban J connectivity index is 1.71. The van der Waals surface area contributed by atoms with Crippen molar-refractivity contribution >= 4 is 38.7 Å². The van der Waals surface area contributed by atoms with Gasteiger partial charge in [-0.05, 0) is 18.2 Å². The highest BCUT2D eigenvalue weighted by molar-refractivity contribution is 7.90. The van der Waals surface area contributed by atoms with Gasteiger partial charge in [-0.25, -0.2) is 18.2 Å². The smallest absolute Gasteiger partial charge is 0.338 e. The summed E-state index contributed by atoms with van der Waals surface area (Å²) in [5.74, 6) is -0.650. The molecule has 136 valence electrons. The summed E-state index contributed by atoms with van der Waals surface area (Å²) in [4.78, 5) is 16.5. The minimum Gasteiger partial charge on any atom is -0.456 e. The van der Waals surface area contributed by atoms with Gasteiger partial charge in [0.05, 0.1) is 27.4 Å². The molecular weight excluding hydrogens is 398 g/mol. The molecule has 1 aromatic carbocycles. The molecule has 0 saturated heterocycles. The molecule has 0 aliphatic heterocycles. The van der Waals surface area contributed by atoms with E-state index in [2.05, 4.69) is 10.1 Å². The molecule has 0 radical (unpaired) electrons. The summed E-state index contributed by atoms with van der Waals surface area (Å²) in [6.07, 6.45) is 4.57. The first-order valence-corrected chi connectivity index (χ1v) is 10.5. The predicted molar refractivity (Wildman–Crippen MR) is 98.0 cm³/mol. The third kappa shape index (κ3) is 4.12. The van der Waals surface area contributed by atoms with Gasteiger partial charge in [-0.15, -0.1) is 11.3 Å². The number of ether oxygens (including phenoxy) is 1. The maximum absolute atomic E-state index is 12.2. The fourth-order valence-corrected chi connectivity index (χ4v) is 4.26. The highest BCUT2D eigenvalue weighted by Crippen LogP contribution is 2.25. The number of sulfone groups is 1. The summed E-state index contributed by atoms with van der Waals surface area (Å²) in [6, 6.07) is 3.99. The Morgan fingerprint density at radius 3 is 2.81 bits per heavy atom. The molecule has 2 heterocycles. The van der Waals surface area contributed by atoms with Gasteiger partial charge in [0, 0.05) is 30.4 Å². The number of hydrogen-bond acceptors (Lipinski definition) is 7. The van der Waals surface area contributed by atoms with Crippen LogP contribution in [0, 0.1) is 0 Å². The van der Waals surface area contributed by atoms with E-state index < -0.39 is 15.8 Å². The molecule has 7 nitrogen and oxygen atoms in total. The molecule has 3 aromatic rings. The fraction of sp³-hybridized carbons (Fsp3) is 0.188. The number of aryl methyl sites for hydroxylation is 1. The van der Waals surface area contributed by atoms with Crippen LogP contribution in [-0.4, -0.2) is 35.4 Å². The lowest BCUT2D eigenvalue weighted by Gasteiger charge is -2.06. The van der Waals surface area contributed by atoms with Crippen LogP contribution in [0.15, 0.2) is 40.9 Å². The number of rotatable bonds is 5. The molecule has 0 N–H and O–H groups in total. The third-order valence-corrected chi connectivity index (χ3v) is 5.94. The first-order valence-electron chi connectivity index (χ1n) is 7.34. The van der Waals surface area contributed by atoms with E-state index in [1.165, 1.54) is 29.5 Å². The van der Waals surface area contributed by atoms with Gasteiger partial charge < -0.3 is 4.74 Å². The van der Waals surface area contributed by atoms with Gasteiger partial charge in [-0.1, -0.05) is 11.6 Å². The summed E-state index contributed by atoms with van der Waals surface area (Å²) in [7, 11) is -1.72. The van der Waals surface area contributed by atoms with Crippen molar-refractivity contribution in [1.29, 1.82) is 0 Å². The van der Waals surface area contributed by atoms with Crippen LogP contribution in [-0.2, 0) is 28.2 Å². The zero-order chi connectivity index (χ0) is 18.9. The van der Waals surface area contributed by atoms with Crippen LogP contribution in [0.5, 0.6) is 0 Å². The van der Waals surface area contributed by atoms with Gasteiger partial charge in [0.15, 0.2) is 9.84 Å². The van der Waals surface area contributed by atoms with Crippen molar-refractivity contribution in [2.75, 3.05) is 6.26 Å². The number of aromatic nitrogens is 3. The number of nitrogens with zero attached hydrogens (tertiary/aromatic N) is 3. The minimum atomic E-state index is -3.54. The zero-order valence-electron chi connectivity index (χ0n) is 13.8. The average molecular weight is 412 g/mol. The number of esters is 1. The van der Waals surface area contributed by atoms with Crippen molar-refractivity contribution in [2.24, 2.45) is 7.05 Å². The van der Waals surface area contributed by atoms with Crippen LogP contribution in [0.3, 0.4) is 0 Å². The van der Waals surface area contributed by atoms with E-state index in [4.69, 9.17) is 16.3 Å². The van der Waals surface area contributed by atoms with Gasteiger partial charge in [0.2, 0.25) is 0 Å². The maximum Gasteiger partial charge on any atom is 0.338 e. The van der Waals surface area contributed by atoms with E-state index in [1.807, 2.05) is 13.2 Å². The first-order chi connectivity index (χ1) is 12.2. The SMILES string of the molecule is Cn1cc(-c2nc(COC(=O)c3ccc(Cl)c(S(C)(=O)=O)c3)cs2)cn1. The molecule has 0 unspecified atom stereocenters. The van der Waals surface area contributed by atoms with E-state index in [0.717, 1.165) is 16.8 Å². The second-order valence-electron chi connectivity index (χ2n) is 5.54. The molecular formula is C16H14ClN3O4S2. The molecule has 0 aliphatic carbocycles. The second kappa shape index (κ2) is 7.18. The van der Waals surface area contributed by atoms with Crippen molar-refractivity contribution in [3.63, 3.8) is 0 Å². The monoisotopic (exact) mass is 411 g/mol. The van der Waals surface area contributed by atoms with E-state index >= 15 is 0 Å². The Morgan fingerprint density at radius 1 is 1.38 bits per heavy atom. The normalized spacial score (nSPS) is 11.5. The molecule has 0 spiro atoms. The molecule has 10 heteroatoms. The number of hydrogen-bond donors (Lipinski definition) is 0. The molecule has 3 rings (SSSR count). The largest absolute Gasteiger partial charge is 0.456 e. The molecule has 2 aromatic heterocycles. The summed E-state index contributed by atoms with van der Waals surface area (Å²) < 4.78 is 30.3. The van der Waals surface area contributed by atoms with Crippen molar-refractivity contribution < 1.29 is 17.9 Å². The average Bonchev–Trinajstić information content (AvgIpc) is 3.20. The molecule has 0 atom stereocenters. The lowest BCUT2D eigenvalue weighted by Crippen LogP contribution is -2.07. The van der Waals surface area contributed by atoms with E-state index in [9.17, 15) is 13.2 Å². The summed E-state index contributed by atoms with van der Waals surface area (Å²) in [6.45, 7) is -0.0214. The summed E-state index contributed by atoms with van der Waals surface area (Å²) in [5, 5.41) is 6.71. The number of carbonyl (C=O) groups excluding carboxylic acids is 1. The van der Waals surface area contributed by atoms with Gasteiger partial charge >= 0.3 is 5.97 Å². The van der Waals surface area contributed by atoms with E-state index in [1.54, 1.807) is 16.3 Å². The number of carbonyl (C=O) groups is 1. The zero-order valence-corrected chi connectivity index (χ0v) is 16.2. The summed E-state index contributed by atoms with van der Waals surface area (Å²) >= 11 is 7.29. The quantitative estimate of drug-likeness (QED) is 0.599. The van der Waals surface area contributed by atoms with Crippen molar-refractivity contribution in [1.82, 2.24) is 14.8 Å². The molecule has 0 aliphatic rings. The Hall–Kier alpha value is -2.23. The fourth-order valence-electron chi connectivity index (χ4n) is 2.17. The lowest BCUT2D eigenvalue weighted by atomic mass is 10.2. The maximum atomic E-state index is 12.2. The van der Waals surface area contributed by atoms with E-state index in [-0.39, 0.29) is 22.1 Å². The highest BCUT2D eigenvalue weighted by atomic mass is 35.5. The highest BCUT2D eigenvalue weighted by Gasteiger charge is 2.17. The van der Waals surface area contributed by atoms with Crippen LogP contribution < -0.4 is 0 Å². The molecule has 0 bridgehead atoms. The number of benzene rings is 1. The Morgan fingerprint density at radius 2 is 2.15 bits per heavy atom. The molecule has 0 fully saturated rings. The Bertz CT molecular complexity index is 1070. The van der Waals surface area contributed by atoms with Crippen LogP contribution in [0.4, 0.5) is 0 Å². The molecule has 26 heavy (non-hydrogen) atoms. The van der Waals surface area contributed by atoms with Gasteiger partial charge in [0.1, 0.15) is 11.6 Å². The second-order valence-corrected chi connectivity index (χ2v) is 8.79.